The van der Waals surface area contributed by atoms with Gasteiger partial charge >= 0.3 is 5.97 Å². The number of hydrogen-bond donors (Lipinski definition) is 0. The number of esters is 1. The van der Waals surface area contributed by atoms with Crippen molar-refractivity contribution in [2.45, 2.75) is 18.7 Å². The van der Waals surface area contributed by atoms with E-state index in [0.717, 1.165) is 15.4 Å². The van der Waals surface area contributed by atoms with E-state index in [2.05, 4.69) is 0 Å². The minimum atomic E-state index is -3.88. The van der Waals surface area contributed by atoms with Gasteiger partial charge in [-0.25, -0.2) is 17.5 Å². The first-order chi connectivity index (χ1) is 11.8. The summed E-state index contributed by atoms with van der Waals surface area (Å²) in [7, 11) is -3.88. The van der Waals surface area contributed by atoms with Crippen LogP contribution >= 0.6 is 0 Å². The molecule has 0 fully saturated rings. The molecule has 7 heteroatoms. The molecule has 0 radical (unpaired) electrons. The molecule has 0 atom stereocenters. The zero-order valence-electron chi connectivity index (χ0n) is 13.9. The molecular formula is C18H17NO5S. The first-order valence-electron chi connectivity index (χ1n) is 7.73. The normalized spacial score (nSPS) is 15.1. The fourth-order valence-electron chi connectivity index (χ4n) is 2.71. The molecular weight excluding hydrogens is 342 g/mol. The number of benzene rings is 2. The van der Waals surface area contributed by atoms with E-state index in [1.165, 1.54) is 12.1 Å². The second-order valence-electron chi connectivity index (χ2n) is 5.83. The van der Waals surface area contributed by atoms with Crippen LogP contribution in [0.1, 0.15) is 31.8 Å². The lowest BCUT2D eigenvalue weighted by Crippen LogP contribution is -2.33. The van der Waals surface area contributed by atoms with Crippen LogP contribution in [-0.2, 0) is 14.8 Å². The third-order valence-corrected chi connectivity index (χ3v) is 5.89. The van der Waals surface area contributed by atoms with E-state index in [4.69, 9.17) is 4.74 Å². The number of carbonyl (C=O) groups is 2. The van der Waals surface area contributed by atoms with Crippen molar-refractivity contribution in [3.05, 3.63) is 64.7 Å². The summed E-state index contributed by atoms with van der Waals surface area (Å²) in [5.41, 5.74) is 2.26. The van der Waals surface area contributed by atoms with Crippen molar-refractivity contribution < 1.29 is 22.7 Å². The summed E-state index contributed by atoms with van der Waals surface area (Å²) in [6, 6.07) is 11.5. The Kier molecular flexibility index (Phi) is 4.34. The zero-order valence-corrected chi connectivity index (χ0v) is 14.7. The highest BCUT2D eigenvalue weighted by Gasteiger charge is 2.40. The van der Waals surface area contributed by atoms with E-state index < -0.39 is 21.9 Å². The maximum atomic E-state index is 12.4. The summed E-state index contributed by atoms with van der Waals surface area (Å²) >= 11 is 0. The summed E-state index contributed by atoms with van der Waals surface area (Å²) in [6.45, 7) is 3.24. The van der Waals surface area contributed by atoms with Crippen molar-refractivity contribution in [3.63, 3.8) is 0 Å². The zero-order chi connectivity index (χ0) is 18.2. The third kappa shape index (κ3) is 3.02. The largest absolute Gasteiger partial charge is 0.460 e. The molecule has 0 saturated carbocycles. The molecule has 25 heavy (non-hydrogen) atoms. The first-order valence-corrected chi connectivity index (χ1v) is 9.17. The Morgan fingerprint density at radius 2 is 1.84 bits per heavy atom. The van der Waals surface area contributed by atoms with Crippen molar-refractivity contribution in [3.8, 4) is 0 Å². The summed E-state index contributed by atoms with van der Waals surface area (Å²) < 4.78 is 30.7. The van der Waals surface area contributed by atoms with Gasteiger partial charge in [-0.1, -0.05) is 29.8 Å². The fraction of sp³-hybridized carbons (Fsp3) is 0.222. The maximum absolute atomic E-state index is 12.4. The average Bonchev–Trinajstić information content (AvgIpc) is 2.78. The molecule has 0 aromatic heterocycles. The van der Waals surface area contributed by atoms with E-state index in [1.807, 2.05) is 19.1 Å². The Morgan fingerprint density at radius 3 is 2.56 bits per heavy atom. The molecule has 1 amide bonds. The van der Waals surface area contributed by atoms with Crippen molar-refractivity contribution in [1.29, 1.82) is 0 Å². The molecule has 0 saturated heterocycles. The van der Waals surface area contributed by atoms with Gasteiger partial charge in [-0.3, -0.25) is 4.79 Å². The van der Waals surface area contributed by atoms with Crippen molar-refractivity contribution in [2.75, 3.05) is 13.2 Å². The molecule has 0 N–H and O–H groups in total. The molecule has 1 aliphatic rings. The SMILES string of the molecule is Cc1ccc(C)c(C(=O)OCCN2C(=O)c3ccccc3S2(=O)=O)c1. The lowest BCUT2D eigenvalue weighted by molar-refractivity contribution is 0.0477. The van der Waals surface area contributed by atoms with Crippen LogP contribution in [0.5, 0.6) is 0 Å². The Bertz CT molecular complexity index is 965. The number of rotatable bonds is 4. The van der Waals surface area contributed by atoms with E-state index in [1.54, 1.807) is 25.1 Å². The van der Waals surface area contributed by atoms with Crippen LogP contribution < -0.4 is 0 Å². The minimum absolute atomic E-state index is 0.0131. The Balaban J connectivity index is 1.70. The summed E-state index contributed by atoms with van der Waals surface area (Å²) in [5, 5.41) is 0. The van der Waals surface area contributed by atoms with Gasteiger partial charge in [0.15, 0.2) is 0 Å². The van der Waals surface area contributed by atoms with Crippen molar-refractivity contribution >= 4 is 21.9 Å². The number of aryl methyl sites for hydroxylation is 2. The second-order valence-corrected chi connectivity index (χ2v) is 7.66. The lowest BCUT2D eigenvalue weighted by Gasteiger charge is -2.15. The number of sulfonamides is 1. The molecule has 1 aliphatic heterocycles. The Hall–Kier alpha value is -2.67. The number of fused-ring (bicyclic) bond motifs is 1. The van der Waals surface area contributed by atoms with Gasteiger partial charge in [0.2, 0.25) is 0 Å². The molecule has 1 heterocycles. The van der Waals surface area contributed by atoms with E-state index in [9.17, 15) is 18.0 Å². The maximum Gasteiger partial charge on any atom is 0.338 e. The highest BCUT2D eigenvalue weighted by Crippen LogP contribution is 2.29. The Labute approximate surface area is 146 Å². The topological polar surface area (TPSA) is 80.8 Å². The van der Waals surface area contributed by atoms with E-state index in [-0.39, 0.29) is 23.6 Å². The average molecular weight is 359 g/mol. The predicted octanol–water partition coefficient (Wildman–Crippen LogP) is 2.30. The second kappa shape index (κ2) is 6.33. The van der Waals surface area contributed by atoms with Gasteiger partial charge in [-0.15, -0.1) is 0 Å². The van der Waals surface area contributed by atoms with Crippen LogP contribution in [0.15, 0.2) is 47.4 Å². The first kappa shape index (κ1) is 17.2. The van der Waals surface area contributed by atoms with Crippen LogP contribution in [0.25, 0.3) is 0 Å². The standard InChI is InChI=1S/C18H17NO5S/c1-12-7-8-13(2)15(11-12)18(21)24-10-9-19-17(20)14-5-3-4-6-16(14)25(19,22)23/h3-8,11H,9-10H2,1-2H3. The number of carbonyl (C=O) groups excluding carboxylic acids is 2. The molecule has 0 spiro atoms. The van der Waals surface area contributed by atoms with Gasteiger partial charge < -0.3 is 4.74 Å². The van der Waals surface area contributed by atoms with Gasteiger partial charge in [0, 0.05) is 0 Å². The number of ether oxygens (including phenoxy) is 1. The van der Waals surface area contributed by atoms with Crippen LogP contribution in [0.4, 0.5) is 0 Å². The van der Waals surface area contributed by atoms with Crippen LogP contribution in [-0.4, -0.2) is 37.8 Å². The third-order valence-electron chi connectivity index (χ3n) is 4.05. The van der Waals surface area contributed by atoms with Gasteiger partial charge in [-0.2, -0.15) is 0 Å². The lowest BCUT2D eigenvalue weighted by atomic mass is 10.1. The predicted molar refractivity (Wildman–Crippen MR) is 90.9 cm³/mol. The van der Waals surface area contributed by atoms with E-state index >= 15 is 0 Å². The van der Waals surface area contributed by atoms with Crippen molar-refractivity contribution in [1.82, 2.24) is 4.31 Å². The molecule has 130 valence electrons. The van der Waals surface area contributed by atoms with Crippen LogP contribution in [0.3, 0.4) is 0 Å². The molecule has 6 nitrogen and oxygen atoms in total. The number of amides is 1. The van der Waals surface area contributed by atoms with Crippen LogP contribution in [0, 0.1) is 13.8 Å². The van der Waals surface area contributed by atoms with Crippen LogP contribution in [0.2, 0.25) is 0 Å². The quantitative estimate of drug-likeness (QED) is 0.783. The molecule has 3 rings (SSSR count). The highest BCUT2D eigenvalue weighted by atomic mass is 32.2. The van der Waals surface area contributed by atoms with E-state index in [0.29, 0.717) is 5.56 Å². The molecule has 2 aromatic carbocycles. The molecule has 0 unspecified atom stereocenters. The van der Waals surface area contributed by atoms with Crippen molar-refractivity contribution in [2.24, 2.45) is 0 Å². The number of hydrogen-bond acceptors (Lipinski definition) is 5. The summed E-state index contributed by atoms with van der Waals surface area (Å²) in [6.07, 6.45) is 0. The highest BCUT2D eigenvalue weighted by molar-refractivity contribution is 7.90. The van der Waals surface area contributed by atoms with Gasteiger partial charge in [-0.05, 0) is 37.6 Å². The van der Waals surface area contributed by atoms with Gasteiger partial charge in [0.25, 0.3) is 15.9 Å². The number of nitrogens with zero attached hydrogens (tertiary/aromatic N) is 1. The fourth-order valence-corrected chi connectivity index (χ4v) is 4.26. The summed E-state index contributed by atoms with van der Waals surface area (Å²) in [4.78, 5) is 24.4. The minimum Gasteiger partial charge on any atom is -0.460 e. The Morgan fingerprint density at radius 1 is 1.12 bits per heavy atom. The smallest absolute Gasteiger partial charge is 0.338 e. The molecule has 0 bridgehead atoms. The van der Waals surface area contributed by atoms with Gasteiger partial charge in [0.05, 0.1) is 17.7 Å². The molecule has 0 aliphatic carbocycles. The monoisotopic (exact) mass is 359 g/mol. The molecule has 2 aromatic rings. The summed E-state index contributed by atoms with van der Waals surface area (Å²) in [5.74, 6) is -1.14. The van der Waals surface area contributed by atoms with Gasteiger partial charge in [0.1, 0.15) is 11.5 Å².